The average Bonchev–Trinajstić information content (AvgIpc) is 2.68. The van der Waals surface area contributed by atoms with Gasteiger partial charge in [0.2, 0.25) is 10.0 Å². The van der Waals surface area contributed by atoms with Crippen LogP contribution in [0.25, 0.3) is 0 Å². The van der Waals surface area contributed by atoms with E-state index in [0.29, 0.717) is 37.0 Å². The van der Waals surface area contributed by atoms with E-state index in [1.165, 1.54) is 36.2 Å². The molecule has 2 aromatic carbocycles. The van der Waals surface area contributed by atoms with E-state index in [9.17, 15) is 8.42 Å². The van der Waals surface area contributed by atoms with Gasteiger partial charge in [0.1, 0.15) is 16.4 Å². The van der Waals surface area contributed by atoms with E-state index in [4.69, 9.17) is 21.1 Å². The molecule has 1 saturated heterocycles. The van der Waals surface area contributed by atoms with Crippen LogP contribution in [0.2, 0.25) is 5.02 Å². The molecule has 0 aromatic heterocycles. The van der Waals surface area contributed by atoms with Gasteiger partial charge in [0.15, 0.2) is 0 Å². The molecule has 1 aliphatic rings. The number of halogens is 1. The predicted molar refractivity (Wildman–Crippen MR) is 105 cm³/mol. The summed E-state index contributed by atoms with van der Waals surface area (Å²) < 4.78 is 38.2. The molecule has 1 fully saturated rings. The zero-order valence-electron chi connectivity index (χ0n) is 15.4. The highest BCUT2D eigenvalue weighted by molar-refractivity contribution is 7.89. The van der Waals surface area contributed by atoms with Crippen LogP contribution >= 0.6 is 11.6 Å². The summed E-state index contributed by atoms with van der Waals surface area (Å²) >= 11 is 6.09. The van der Waals surface area contributed by atoms with E-state index >= 15 is 0 Å². The molecule has 3 rings (SSSR count). The first-order chi connectivity index (χ1) is 13.0. The minimum absolute atomic E-state index is 0.0720. The molecule has 27 heavy (non-hydrogen) atoms. The van der Waals surface area contributed by atoms with Gasteiger partial charge < -0.3 is 9.47 Å². The number of piperazine rings is 1. The second-order valence-electron chi connectivity index (χ2n) is 6.30. The summed E-state index contributed by atoms with van der Waals surface area (Å²) in [6.45, 7) is 2.99. The van der Waals surface area contributed by atoms with Gasteiger partial charge in [-0.2, -0.15) is 4.31 Å². The topological polar surface area (TPSA) is 59.1 Å². The van der Waals surface area contributed by atoms with Gasteiger partial charge in [0.05, 0.1) is 19.2 Å². The second kappa shape index (κ2) is 8.48. The van der Waals surface area contributed by atoms with Crippen LogP contribution in [0.15, 0.2) is 47.4 Å². The van der Waals surface area contributed by atoms with Crippen LogP contribution in [0.3, 0.4) is 0 Å². The Kier molecular flexibility index (Phi) is 6.26. The summed E-state index contributed by atoms with van der Waals surface area (Å²) in [5.41, 5.74) is 1.22. The van der Waals surface area contributed by atoms with Crippen molar-refractivity contribution in [3.05, 3.63) is 53.1 Å². The molecule has 0 atom stereocenters. The molecule has 0 N–H and O–H groups in total. The summed E-state index contributed by atoms with van der Waals surface area (Å²) in [7, 11) is -0.831. The molecule has 1 aliphatic heterocycles. The molecule has 0 unspecified atom stereocenters. The Morgan fingerprint density at radius 1 is 0.963 bits per heavy atom. The van der Waals surface area contributed by atoms with E-state index in [1.807, 2.05) is 18.2 Å². The lowest BCUT2D eigenvalue weighted by atomic mass is 10.2. The lowest BCUT2D eigenvalue weighted by Crippen LogP contribution is -2.48. The van der Waals surface area contributed by atoms with E-state index in [0.717, 1.165) is 6.54 Å². The third-order valence-electron chi connectivity index (χ3n) is 4.64. The fourth-order valence-electron chi connectivity index (χ4n) is 3.14. The molecule has 8 heteroatoms. The minimum atomic E-state index is -3.71. The summed E-state index contributed by atoms with van der Waals surface area (Å²) in [6, 6.07) is 13.1. The van der Waals surface area contributed by atoms with Crippen molar-refractivity contribution in [1.82, 2.24) is 9.21 Å². The Morgan fingerprint density at radius 2 is 1.59 bits per heavy atom. The lowest BCUT2D eigenvalue weighted by molar-refractivity contribution is 0.181. The van der Waals surface area contributed by atoms with Gasteiger partial charge in [-0.1, -0.05) is 41.9 Å². The third kappa shape index (κ3) is 4.38. The van der Waals surface area contributed by atoms with Crippen molar-refractivity contribution in [1.29, 1.82) is 0 Å². The summed E-state index contributed by atoms with van der Waals surface area (Å²) in [5.74, 6) is 0.520. The van der Waals surface area contributed by atoms with E-state index in [1.54, 1.807) is 0 Å². The Morgan fingerprint density at radius 3 is 2.19 bits per heavy atom. The van der Waals surface area contributed by atoms with Gasteiger partial charge in [0, 0.05) is 44.9 Å². The van der Waals surface area contributed by atoms with E-state index in [-0.39, 0.29) is 10.6 Å². The largest absolute Gasteiger partial charge is 0.495 e. The fourth-order valence-corrected chi connectivity index (χ4v) is 4.95. The van der Waals surface area contributed by atoms with Gasteiger partial charge in [-0.05, 0) is 5.56 Å². The number of sulfonamides is 1. The van der Waals surface area contributed by atoms with Gasteiger partial charge >= 0.3 is 0 Å². The molecule has 6 nitrogen and oxygen atoms in total. The molecular weight excluding hydrogens is 388 g/mol. The van der Waals surface area contributed by atoms with Crippen LogP contribution in [0.4, 0.5) is 0 Å². The van der Waals surface area contributed by atoms with Crippen LogP contribution in [0.1, 0.15) is 5.56 Å². The van der Waals surface area contributed by atoms with Crippen LogP contribution in [0, 0.1) is 0 Å². The van der Waals surface area contributed by atoms with Crippen molar-refractivity contribution in [2.45, 2.75) is 11.4 Å². The molecule has 0 amide bonds. The highest BCUT2D eigenvalue weighted by Crippen LogP contribution is 2.36. The fraction of sp³-hybridized carbons (Fsp3) is 0.368. The first-order valence-electron chi connectivity index (χ1n) is 8.63. The molecule has 0 spiro atoms. The van der Waals surface area contributed by atoms with Gasteiger partial charge in [0.25, 0.3) is 0 Å². The minimum Gasteiger partial charge on any atom is -0.495 e. The van der Waals surface area contributed by atoms with Crippen molar-refractivity contribution in [2.75, 3.05) is 40.4 Å². The van der Waals surface area contributed by atoms with Crippen molar-refractivity contribution < 1.29 is 17.9 Å². The maximum Gasteiger partial charge on any atom is 0.246 e. The summed E-state index contributed by atoms with van der Waals surface area (Å²) in [4.78, 5) is 2.32. The van der Waals surface area contributed by atoms with Crippen molar-refractivity contribution in [3.8, 4) is 11.5 Å². The van der Waals surface area contributed by atoms with E-state index in [2.05, 4.69) is 17.0 Å². The molecule has 0 aliphatic carbocycles. The smallest absolute Gasteiger partial charge is 0.246 e. The molecule has 1 heterocycles. The zero-order valence-corrected chi connectivity index (χ0v) is 17.0. The Balaban J connectivity index is 1.75. The first kappa shape index (κ1) is 19.9. The third-order valence-corrected chi connectivity index (χ3v) is 6.85. The van der Waals surface area contributed by atoms with Gasteiger partial charge in [-0.25, -0.2) is 8.42 Å². The van der Waals surface area contributed by atoms with Crippen LogP contribution in [-0.2, 0) is 16.6 Å². The van der Waals surface area contributed by atoms with Gasteiger partial charge in [-0.3, -0.25) is 4.90 Å². The number of rotatable bonds is 6. The number of benzene rings is 2. The Hall–Kier alpha value is -1.80. The zero-order chi connectivity index (χ0) is 19.4. The van der Waals surface area contributed by atoms with Crippen molar-refractivity contribution >= 4 is 21.6 Å². The maximum absolute atomic E-state index is 13.1. The normalized spacial score (nSPS) is 16.3. The van der Waals surface area contributed by atoms with Crippen LogP contribution in [-0.4, -0.2) is 58.0 Å². The molecular formula is C19H23ClN2O4S. The Labute approximate surface area is 165 Å². The van der Waals surface area contributed by atoms with Crippen LogP contribution < -0.4 is 9.47 Å². The van der Waals surface area contributed by atoms with Crippen molar-refractivity contribution in [2.24, 2.45) is 0 Å². The molecule has 0 bridgehead atoms. The maximum atomic E-state index is 13.1. The van der Waals surface area contributed by atoms with E-state index < -0.39 is 10.0 Å². The molecule has 2 aromatic rings. The molecule has 146 valence electrons. The number of ether oxygens (including phenoxy) is 2. The second-order valence-corrected chi connectivity index (χ2v) is 8.62. The monoisotopic (exact) mass is 410 g/mol. The molecule has 0 saturated carbocycles. The standard InChI is InChI=1S/C19H23ClN2O4S/c1-25-17-13-19(18(26-2)12-16(17)20)27(23,24)22-10-8-21(9-11-22)14-15-6-4-3-5-7-15/h3-7,12-13H,8-11,14H2,1-2H3. The van der Waals surface area contributed by atoms with Crippen molar-refractivity contribution in [3.63, 3.8) is 0 Å². The molecule has 0 radical (unpaired) electrons. The first-order valence-corrected chi connectivity index (χ1v) is 10.5. The summed E-state index contributed by atoms with van der Waals surface area (Å²) in [5, 5.41) is 0.306. The predicted octanol–water partition coefficient (Wildman–Crippen LogP) is 2.86. The average molecular weight is 411 g/mol. The number of nitrogens with zero attached hydrogens (tertiary/aromatic N) is 2. The Bertz CT molecular complexity index is 882. The van der Waals surface area contributed by atoms with Gasteiger partial charge in [-0.15, -0.1) is 0 Å². The summed E-state index contributed by atoms with van der Waals surface area (Å²) in [6.07, 6.45) is 0. The number of methoxy groups -OCH3 is 2. The number of hydrogen-bond donors (Lipinski definition) is 0. The highest BCUT2D eigenvalue weighted by atomic mass is 35.5. The SMILES string of the molecule is COc1cc(S(=O)(=O)N2CCN(Cc3ccccc3)CC2)c(OC)cc1Cl. The highest BCUT2D eigenvalue weighted by Gasteiger charge is 2.31. The quantitative estimate of drug-likeness (QED) is 0.732. The number of hydrogen-bond acceptors (Lipinski definition) is 5. The van der Waals surface area contributed by atoms with Crippen LogP contribution in [0.5, 0.6) is 11.5 Å². The lowest BCUT2D eigenvalue weighted by Gasteiger charge is -2.34.